The third kappa shape index (κ3) is 10.1. The van der Waals surface area contributed by atoms with Crippen LogP contribution in [0.5, 0.6) is 0 Å². The molecule has 0 aromatic rings. The standard InChI is InChI=1S/C15H27N.CHF3O3S/c1-3-5-6-7-8-9-13-16-14-10-12-15(16)11-4-2;2-1(3,4)8(5,6)7/h10,12,14H,3-9,11,13H2,1-2H3;(H,5,6,7). The minimum atomic E-state index is -6.09. The lowest BCUT2D eigenvalue weighted by atomic mass is 10.1. The first kappa shape index (κ1) is 23.1. The molecule has 1 unspecified atom stereocenters. The van der Waals surface area contributed by atoms with Gasteiger partial charge in [-0.05, 0) is 25.3 Å². The van der Waals surface area contributed by atoms with Crippen LogP contribution in [0.25, 0.3) is 0 Å². The van der Waals surface area contributed by atoms with Crippen LogP contribution < -0.4 is 4.90 Å². The zero-order valence-corrected chi connectivity index (χ0v) is 15.2. The van der Waals surface area contributed by atoms with Crippen molar-refractivity contribution < 1.29 is 31.0 Å². The van der Waals surface area contributed by atoms with Crippen LogP contribution in [-0.2, 0) is 10.1 Å². The van der Waals surface area contributed by atoms with Gasteiger partial charge in [-0.2, -0.15) is 13.2 Å². The van der Waals surface area contributed by atoms with E-state index in [-0.39, 0.29) is 0 Å². The van der Waals surface area contributed by atoms with Crippen LogP contribution in [0.2, 0.25) is 0 Å². The molecule has 0 saturated carbocycles. The molecule has 0 saturated heterocycles. The summed E-state index contributed by atoms with van der Waals surface area (Å²) in [6.45, 7) is 5.84. The lowest BCUT2D eigenvalue weighted by molar-refractivity contribution is -0.804. The first-order valence-corrected chi connectivity index (χ1v) is 9.79. The number of hydrogen-bond acceptors (Lipinski definition) is 3. The maximum absolute atomic E-state index is 10.7. The topological polar surface area (TPSA) is 61.6 Å². The van der Waals surface area contributed by atoms with Crippen molar-refractivity contribution in [2.24, 2.45) is 0 Å². The number of allylic oxidation sites excluding steroid dienone is 3. The zero-order valence-electron chi connectivity index (χ0n) is 14.4. The van der Waals surface area contributed by atoms with Gasteiger partial charge in [0.25, 0.3) is 0 Å². The summed E-state index contributed by atoms with van der Waals surface area (Å²) in [7, 11) is -6.09. The van der Waals surface area contributed by atoms with Crippen molar-refractivity contribution in [2.75, 3.05) is 6.54 Å². The van der Waals surface area contributed by atoms with Crippen LogP contribution in [0.1, 0.15) is 65.2 Å². The maximum Gasteiger partial charge on any atom is 0.485 e. The van der Waals surface area contributed by atoms with Gasteiger partial charge >= 0.3 is 5.51 Å². The summed E-state index contributed by atoms with van der Waals surface area (Å²) >= 11 is 0. The molecule has 0 radical (unpaired) electrons. The van der Waals surface area contributed by atoms with Crippen molar-refractivity contribution in [1.29, 1.82) is 0 Å². The van der Waals surface area contributed by atoms with E-state index in [9.17, 15) is 13.2 Å². The van der Waals surface area contributed by atoms with E-state index in [1.54, 1.807) is 10.6 Å². The zero-order chi connectivity index (χ0) is 18.6. The Morgan fingerprint density at radius 3 is 2.08 bits per heavy atom. The molecule has 142 valence electrons. The Morgan fingerprint density at radius 2 is 1.58 bits per heavy atom. The van der Waals surface area contributed by atoms with Crippen LogP contribution in [0.4, 0.5) is 13.2 Å². The Morgan fingerprint density at radius 1 is 1.04 bits per heavy atom. The fourth-order valence-corrected chi connectivity index (χ4v) is 2.35. The van der Waals surface area contributed by atoms with Crippen LogP contribution in [0.3, 0.4) is 0 Å². The third-order valence-electron chi connectivity index (χ3n) is 3.61. The van der Waals surface area contributed by atoms with Crippen molar-refractivity contribution in [3.8, 4) is 0 Å². The predicted molar refractivity (Wildman–Crippen MR) is 87.1 cm³/mol. The molecule has 0 amide bonds. The van der Waals surface area contributed by atoms with Crippen LogP contribution in [0, 0.1) is 0 Å². The first-order valence-electron chi connectivity index (χ1n) is 8.39. The Hall–Kier alpha value is -0.860. The number of hydrogen-bond donors (Lipinski definition) is 1. The maximum atomic E-state index is 10.7. The van der Waals surface area contributed by atoms with Gasteiger partial charge in [0.1, 0.15) is 5.70 Å². The highest BCUT2D eigenvalue weighted by molar-refractivity contribution is 7.86. The molecule has 1 heterocycles. The number of halogens is 3. The molecule has 1 atom stereocenters. The van der Waals surface area contributed by atoms with E-state index in [0.717, 1.165) is 0 Å². The summed E-state index contributed by atoms with van der Waals surface area (Å²) in [6.07, 6.45) is 17.8. The average molecular weight is 371 g/mol. The largest absolute Gasteiger partial charge is 0.741 e. The third-order valence-corrected chi connectivity index (χ3v) is 4.18. The van der Waals surface area contributed by atoms with Crippen molar-refractivity contribution in [2.45, 2.75) is 70.7 Å². The monoisotopic (exact) mass is 371 g/mol. The summed E-state index contributed by atoms with van der Waals surface area (Å²) in [4.78, 5) is 1.61. The number of unbranched alkanes of at least 4 members (excludes halogenated alkanes) is 5. The van der Waals surface area contributed by atoms with E-state index in [0.29, 0.717) is 0 Å². The Balaban J connectivity index is 0.000000561. The van der Waals surface area contributed by atoms with E-state index in [2.05, 4.69) is 32.2 Å². The number of quaternary nitrogens is 1. The van der Waals surface area contributed by atoms with Gasteiger partial charge < -0.3 is 4.55 Å². The summed E-state index contributed by atoms with van der Waals surface area (Å²) in [5.41, 5.74) is -4.05. The van der Waals surface area contributed by atoms with Gasteiger partial charge in [0.2, 0.25) is 0 Å². The molecule has 1 aliphatic rings. The van der Waals surface area contributed by atoms with Gasteiger partial charge in [-0.1, -0.05) is 39.5 Å². The van der Waals surface area contributed by atoms with E-state index in [1.807, 2.05) is 0 Å². The molecule has 0 spiro atoms. The molecule has 0 bridgehead atoms. The normalized spacial score (nSPS) is 17.4. The van der Waals surface area contributed by atoms with Crippen molar-refractivity contribution in [3.05, 3.63) is 24.0 Å². The van der Waals surface area contributed by atoms with Gasteiger partial charge in [0, 0.05) is 12.5 Å². The van der Waals surface area contributed by atoms with Crippen LogP contribution >= 0.6 is 0 Å². The number of alkyl halides is 3. The lowest BCUT2D eigenvalue weighted by Crippen LogP contribution is -3.04. The minimum Gasteiger partial charge on any atom is -0.741 e. The number of nitrogens with one attached hydrogen (secondary N) is 1. The Kier molecular flexibility index (Phi) is 11.2. The molecule has 8 heteroatoms. The molecule has 1 rings (SSSR count). The molecular formula is C16H28F3NO3S. The predicted octanol–water partition coefficient (Wildman–Crippen LogP) is 3.49. The van der Waals surface area contributed by atoms with E-state index >= 15 is 0 Å². The van der Waals surface area contributed by atoms with Crippen LogP contribution in [-0.4, -0.2) is 25.0 Å². The molecular weight excluding hydrogens is 343 g/mol. The second-order valence-electron chi connectivity index (χ2n) is 5.74. The fraction of sp³-hybridized carbons (Fsp3) is 0.750. The van der Waals surface area contributed by atoms with E-state index < -0.39 is 15.6 Å². The highest BCUT2D eigenvalue weighted by Crippen LogP contribution is 2.20. The second kappa shape index (κ2) is 11.7. The van der Waals surface area contributed by atoms with Crippen molar-refractivity contribution in [3.63, 3.8) is 0 Å². The van der Waals surface area contributed by atoms with Gasteiger partial charge in [-0.3, -0.25) is 4.90 Å². The lowest BCUT2D eigenvalue weighted by Gasteiger charge is -2.13. The molecule has 24 heavy (non-hydrogen) atoms. The molecule has 0 aliphatic carbocycles. The summed E-state index contributed by atoms with van der Waals surface area (Å²) in [5, 5.41) is 0. The van der Waals surface area contributed by atoms with Gasteiger partial charge in [-0.25, -0.2) is 8.42 Å². The summed E-state index contributed by atoms with van der Waals surface area (Å²) < 4.78 is 58.9. The number of rotatable bonds is 9. The summed E-state index contributed by atoms with van der Waals surface area (Å²) in [5.74, 6) is 0. The van der Waals surface area contributed by atoms with Crippen LogP contribution in [0.15, 0.2) is 24.0 Å². The first-order chi connectivity index (χ1) is 11.1. The second-order valence-corrected chi connectivity index (χ2v) is 7.12. The van der Waals surface area contributed by atoms with Gasteiger partial charge in [0.05, 0.1) is 12.7 Å². The molecule has 1 N–H and O–H groups in total. The van der Waals surface area contributed by atoms with Crippen molar-refractivity contribution in [1.82, 2.24) is 0 Å². The molecule has 4 nitrogen and oxygen atoms in total. The smallest absolute Gasteiger partial charge is 0.485 e. The Labute approximate surface area is 143 Å². The molecule has 0 aromatic heterocycles. The fourth-order valence-electron chi connectivity index (χ4n) is 2.35. The molecule has 0 fully saturated rings. The molecule has 0 aromatic carbocycles. The van der Waals surface area contributed by atoms with E-state index in [4.69, 9.17) is 13.0 Å². The van der Waals surface area contributed by atoms with Gasteiger partial charge in [-0.15, -0.1) is 0 Å². The quantitative estimate of drug-likeness (QED) is 0.383. The Bertz CT molecular complexity index is 499. The minimum absolute atomic E-state index is 1.26. The highest BCUT2D eigenvalue weighted by Gasteiger charge is 2.36. The van der Waals surface area contributed by atoms with E-state index in [1.165, 1.54) is 57.9 Å². The van der Waals surface area contributed by atoms with Gasteiger partial charge in [0.15, 0.2) is 10.1 Å². The highest BCUT2D eigenvalue weighted by atomic mass is 32.2. The molecule has 1 aliphatic heterocycles. The van der Waals surface area contributed by atoms with Crippen molar-refractivity contribution >= 4 is 10.1 Å². The average Bonchev–Trinajstić information content (AvgIpc) is 2.89. The summed E-state index contributed by atoms with van der Waals surface area (Å²) in [6, 6.07) is 0. The SMILES string of the molecule is CCCCCCCC[NH+]1C=CC=C1CCC.O=S(=O)([O-])C(F)(F)F.